The molecule has 0 aliphatic carbocycles. The third-order valence-corrected chi connectivity index (χ3v) is 4.65. The molecule has 0 fully saturated rings. The van der Waals surface area contributed by atoms with Gasteiger partial charge in [-0.05, 0) is 25.7 Å². The van der Waals surface area contributed by atoms with Crippen molar-refractivity contribution < 1.29 is 19.8 Å². The lowest BCUT2D eigenvalue weighted by Crippen LogP contribution is -2.24. The SMILES string of the molecule is CCCCCC(=O)CCn1c(CCCCCCC(=O)O)c(O)n(C)c1=O. The van der Waals surface area contributed by atoms with Gasteiger partial charge in [0.2, 0.25) is 5.88 Å². The number of Topliss-reactive ketones (excluding diaryl/α,β-unsaturated/α-hetero) is 1. The molecule has 0 bridgehead atoms. The molecule has 7 heteroatoms. The molecule has 2 N–H and O–H groups in total. The largest absolute Gasteiger partial charge is 0.493 e. The highest BCUT2D eigenvalue weighted by atomic mass is 16.4. The lowest BCUT2D eigenvalue weighted by Gasteiger charge is -2.07. The fourth-order valence-electron chi connectivity index (χ4n) is 3.03. The van der Waals surface area contributed by atoms with Crippen LogP contribution in [0.4, 0.5) is 0 Å². The van der Waals surface area contributed by atoms with Gasteiger partial charge in [-0.25, -0.2) is 4.79 Å². The Bertz CT molecular complexity index is 645. The molecule has 0 saturated heterocycles. The summed E-state index contributed by atoms with van der Waals surface area (Å²) >= 11 is 0. The molecule has 0 aliphatic heterocycles. The second-order valence-electron chi connectivity index (χ2n) is 6.82. The molecule has 1 aromatic heterocycles. The molecular formula is C19H32N2O5. The van der Waals surface area contributed by atoms with E-state index in [0.29, 0.717) is 37.9 Å². The Kier molecular flexibility index (Phi) is 9.76. The van der Waals surface area contributed by atoms with Crippen molar-refractivity contribution in [2.45, 2.75) is 84.1 Å². The maximum atomic E-state index is 12.3. The van der Waals surface area contributed by atoms with Crippen molar-refractivity contribution in [3.05, 3.63) is 16.2 Å². The summed E-state index contributed by atoms with van der Waals surface area (Å²) in [5.41, 5.74) is 0.266. The number of hydrogen-bond acceptors (Lipinski definition) is 4. The van der Waals surface area contributed by atoms with Crippen molar-refractivity contribution in [1.82, 2.24) is 9.13 Å². The third-order valence-electron chi connectivity index (χ3n) is 4.65. The predicted octanol–water partition coefficient (Wildman–Crippen LogP) is 3.01. The number of unbranched alkanes of at least 4 members (excludes halogenated alkanes) is 5. The van der Waals surface area contributed by atoms with E-state index >= 15 is 0 Å². The fourth-order valence-corrected chi connectivity index (χ4v) is 3.03. The average molecular weight is 368 g/mol. The highest BCUT2D eigenvalue weighted by molar-refractivity contribution is 5.78. The Labute approximate surface area is 154 Å². The van der Waals surface area contributed by atoms with Crippen molar-refractivity contribution in [3.8, 4) is 5.88 Å². The van der Waals surface area contributed by atoms with Crippen molar-refractivity contribution >= 4 is 11.8 Å². The summed E-state index contributed by atoms with van der Waals surface area (Å²) < 4.78 is 2.71. The average Bonchev–Trinajstić information content (AvgIpc) is 2.80. The topological polar surface area (TPSA) is 102 Å². The van der Waals surface area contributed by atoms with E-state index < -0.39 is 5.97 Å². The van der Waals surface area contributed by atoms with Gasteiger partial charge in [-0.15, -0.1) is 0 Å². The van der Waals surface area contributed by atoms with Gasteiger partial charge in [0.15, 0.2) is 0 Å². The lowest BCUT2D eigenvalue weighted by molar-refractivity contribution is -0.137. The fraction of sp³-hybridized carbons (Fsp3) is 0.737. The van der Waals surface area contributed by atoms with Gasteiger partial charge in [0, 0.05) is 32.9 Å². The first-order valence-corrected chi connectivity index (χ1v) is 9.59. The standard InChI is InChI=1S/C19H32N2O5/c1-3-4-7-10-15(22)13-14-21-16(18(25)20(2)19(21)26)11-8-5-6-9-12-17(23)24/h25H,3-14H2,1-2H3,(H,23,24). The zero-order valence-electron chi connectivity index (χ0n) is 16.0. The van der Waals surface area contributed by atoms with Crippen LogP contribution < -0.4 is 5.69 Å². The lowest BCUT2D eigenvalue weighted by atomic mass is 10.1. The second-order valence-corrected chi connectivity index (χ2v) is 6.82. The molecule has 0 spiro atoms. The first-order valence-electron chi connectivity index (χ1n) is 9.59. The molecule has 0 aliphatic rings. The third kappa shape index (κ3) is 7.06. The van der Waals surface area contributed by atoms with Crippen molar-refractivity contribution in [1.29, 1.82) is 0 Å². The van der Waals surface area contributed by atoms with Gasteiger partial charge >= 0.3 is 11.7 Å². The zero-order chi connectivity index (χ0) is 19.5. The highest BCUT2D eigenvalue weighted by Crippen LogP contribution is 2.19. The highest BCUT2D eigenvalue weighted by Gasteiger charge is 2.17. The van der Waals surface area contributed by atoms with E-state index in [-0.39, 0.29) is 23.8 Å². The molecular weight excluding hydrogens is 336 g/mol. The number of ketones is 1. The summed E-state index contributed by atoms with van der Waals surface area (Å²) in [4.78, 5) is 34.7. The predicted molar refractivity (Wildman–Crippen MR) is 99.5 cm³/mol. The molecule has 26 heavy (non-hydrogen) atoms. The minimum Gasteiger partial charge on any atom is -0.493 e. The molecule has 148 valence electrons. The molecule has 0 saturated carbocycles. The van der Waals surface area contributed by atoms with Crippen LogP contribution in [0.15, 0.2) is 4.79 Å². The monoisotopic (exact) mass is 368 g/mol. The Balaban J connectivity index is 2.57. The van der Waals surface area contributed by atoms with E-state index in [9.17, 15) is 19.5 Å². The summed E-state index contributed by atoms with van der Waals surface area (Å²) in [6.45, 7) is 2.39. The molecule has 7 nitrogen and oxygen atoms in total. The Morgan fingerprint density at radius 3 is 2.27 bits per heavy atom. The maximum absolute atomic E-state index is 12.3. The molecule has 0 aromatic carbocycles. The summed E-state index contributed by atoms with van der Waals surface area (Å²) in [5, 5.41) is 18.8. The van der Waals surface area contributed by atoms with E-state index in [1.807, 2.05) is 0 Å². The van der Waals surface area contributed by atoms with Crippen molar-refractivity contribution in [3.63, 3.8) is 0 Å². The van der Waals surface area contributed by atoms with E-state index in [1.165, 1.54) is 16.2 Å². The smallest absolute Gasteiger partial charge is 0.331 e. The molecule has 0 unspecified atom stereocenters. The summed E-state index contributed by atoms with van der Waals surface area (Å²) in [5.74, 6) is -0.685. The number of imidazole rings is 1. The van der Waals surface area contributed by atoms with E-state index in [2.05, 4.69) is 6.92 Å². The Hall–Kier alpha value is -2.05. The summed E-state index contributed by atoms with van der Waals surface area (Å²) in [6.07, 6.45) is 7.58. The molecule has 0 amide bonds. The van der Waals surface area contributed by atoms with Gasteiger partial charge in [0.1, 0.15) is 5.78 Å². The number of carbonyl (C=O) groups excluding carboxylic acids is 1. The minimum atomic E-state index is -0.789. The molecule has 1 aromatic rings. The van der Waals surface area contributed by atoms with Gasteiger partial charge in [-0.3, -0.25) is 18.7 Å². The molecule has 0 atom stereocenters. The van der Waals surface area contributed by atoms with Gasteiger partial charge in [-0.1, -0.05) is 32.6 Å². The van der Waals surface area contributed by atoms with Crippen LogP contribution in [0.25, 0.3) is 0 Å². The normalized spacial score (nSPS) is 11.0. The number of aliphatic carboxylic acids is 1. The molecule has 0 radical (unpaired) electrons. The van der Waals surface area contributed by atoms with Crippen LogP contribution in [0.3, 0.4) is 0 Å². The number of nitrogens with zero attached hydrogens (tertiary/aromatic N) is 2. The second kappa shape index (κ2) is 11.5. The number of aromatic hydroxyl groups is 1. The van der Waals surface area contributed by atoms with Gasteiger partial charge in [0.05, 0.1) is 5.69 Å². The van der Waals surface area contributed by atoms with Crippen LogP contribution in [0.1, 0.15) is 76.8 Å². The number of carbonyl (C=O) groups is 2. The van der Waals surface area contributed by atoms with Gasteiger partial charge in [0.25, 0.3) is 0 Å². The minimum absolute atomic E-state index is 0.0426. The van der Waals surface area contributed by atoms with Gasteiger partial charge < -0.3 is 10.2 Å². The maximum Gasteiger partial charge on any atom is 0.331 e. The molecule has 1 rings (SSSR count). The number of rotatable bonds is 14. The quantitative estimate of drug-likeness (QED) is 0.492. The Morgan fingerprint density at radius 2 is 1.62 bits per heavy atom. The van der Waals surface area contributed by atoms with E-state index in [1.54, 1.807) is 0 Å². The number of carboxylic acid groups (broad SMARTS) is 1. The summed E-state index contributed by atoms with van der Waals surface area (Å²) in [6, 6.07) is 0. The van der Waals surface area contributed by atoms with Gasteiger partial charge in [-0.2, -0.15) is 0 Å². The number of aromatic nitrogens is 2. The van der Waals surface area contributed by atoms with Crippen LogP contribution in [0, 0.1) is 0 Å². The van der Waals surface area contributed by atoms with Crippen molar-refractivity contribution in [2.24, 2.45) is 7.05 Å². The van der Waals surface area contributed by atoms with Crippen LogP contribution in [0.5, 0.6) is 5.88 Å². The van der Waals surface area contributed by atoms with E-state index in [4.69, 9.17) is 5.11 Å². The number of hydrogen-bond donors (Lipinski definition) is 2. The van der Waals surface area contributed by atoms with Crippen molar-refractivity contribution in [2.75, 3.05) is 0 Å². The first-order chi connectivity index (χ1) is 12.4. The van der Waals surface area contributed by atoms with Crippen LogP contribution in [-0.4, -0.2) is 31.1 Å². The first kappa shape index (κ1) is 22.0. The Morgan fingerprint density at radius 1 is 0.962 bits per heavy atom. The number of carboxylic acids is 1. The van der Waals surface area contributed by atoms with E-state index in [0.717, 1.165) is 38.5 Å². The van der Waals surface area contributed by atoms with Crippen LogP contribution in [-0.2, 0) is 29.6 Å². The van der Waals surface area contributed by atoms with Crippen LogP contribution >= 0.6 is 0 Å². The molecule has 1 heterocycles. The zero-order valence-corrected chi connectivity index (χ0v) is 16.0. The van der Waals surface area contributed by atoms with Crippen LogP contribution in [0.2, 0.25) is 0 Å². The summed E-state index contributed by atoms with van der Waals surface area (Å²) in [7, 11) is 1.52.